The number of rotatable bonds is 18. The van der Waals surface area contributed by atoms with Gasteiger partial charge in [0.25, 0.3) is 0 Å². The molecule has 0 saturated heterocycles. The first kappa shape index (κ1) is 28.3. The zero-order valence-corrected chi connectivity index (χ0v) is 20.6. The number of aliphatic hydroxyl groups is 1. The smallest absolute Gasteiger partial charge is 0.330 e. The number of hydrogen-bond acceptors (Lipinski definition) is 5. The van der Waals surface area contributed by atoms with Crippen LogP contribution in [0.5, 0.6) is 0 Å². The van der Waals surface area contributed by atoms with Gasteiger partial charge in [-0.25, -0.2) is 4.79 Å². The first-order valence-electron chi connectivity index (χ1n) is 12.2. The third kappa shape index (κ3) is 11.8. The Morgan fingerprint density at radius 2 is 1.66 bits per heavy atom. The van der Waals surface area contributed by atoms with E-state index in [0.717, 1.165) is 18.4 Å². The van der Waals surface area contributed by atoms with Gasteiger partial charge in [0.15, 0.2) is 6.10 Å². The fourth-order valence-electron chi connectivity index (χ4n) is 3.62. The van der Waals surface area contributed by atoms with Crippen LogP contribution in [-0.2, 0) is 25.4 Å². The fraction of sp³-hybridized carbons (Fsp3) is 0.667. The average molecular weight is 449 g/mol. The Hall–Kier alpha value is -1.69. The molecule has 1 rings (SSSR count). The fourth-order valence-corrected chi connectivity index (χ4v) is 3.62. The van der Waals surface area contributed by atoms with Gasteiger partial charge in [0.2, 0.25) is 0 Å². The van der Waals surface area contributed by atoms with Gasteiger partial charge in [-0.3, -0.25) is 0 Å². The zero-order chi connectivity index (χ0) is 23.8. The Bertz CT molecular complexity index is 643. The molecule has 0 fully saturated rings. The maximum absolute atomic E-state index is 12.1. The third-order valence-corrected chi connectivity index (χ3v) is 5.46. The molecule has 0 aromatic heterocycles. The molecule has 0 heterocycles. The lowest BCUT2D eigenvalue weighted by atomic mass is 9.95. The monoisotopic (exact) mass is 448 g/mol. The molecule has 5 nitrogen and oxygen atoms in total. The minimum Gasteiger partial charge on any atom is -0.452 e. The highest BCUT2D eigenvalue weighted by Crippen LogP contribution is 2.28. The Kier molecular flexibility index (Phi) is 14.9. The van der Waals surface area contributed by atoms with Crippen molar-refractivity contribution < 1.29 is 24.1 Å². The van der Waals surface area contributed by atoms with Gasteiger partial charge < -0.3 is 19.3 Å². The van der Waals surface area contributed by atoms with Gasteiger partial charge in [-0.05, 0) is 44.7 Å². The number of ether oxygens (including phenoxy) is 3. The van der Waals surface area contributed by atoms with E-state index in [2.05, 4.69) is 19.6 Å². The molecular formula is C27H44O5. The van der Waals surface area contributed by atoms with Crippen LogP contribution in [0, 0.1) is 0 Å². The number of aryl methyl sites for hydroxylation is 1. The van der Waals surface area contributed by atoms with Crippen LogP contribution in [0.4, 0.5) is 0 Å². The summed E-state index contributed by atoms with van der Waals surface area (Å²) in [5.74, 6) is -0.463. The van der Waals surface area contributed by atoms with E-state index >= 15 is 0 Å². The van der Waals surface area contributed by atoms with Crippen molar-refractivity contribution in [1.29, 1.82) is 0 Å². The molecule has 4 atom stereocenters. The second-order valence-electron chi connectivity index (χ2n) is 8.66. The Labute approximate surface area is 195 Å². The van der Waals surface area contributed by atoms with E-state index in [1.54, 1.807) is 6.92 Å². The van der Waals surface area contributed by atoms with E-state index in [9.17, 15) is 9.90 Å². The first-order valence-corrected chi connectivity index (χ1v) is 12.2. The highest BCUT2D eigenvalue weighted by atomic mass is 16.6. The molecule has 0 aliphatic rings. The lowest BCUT2D eigenvalue weighted by molar-refractivity contribution is -0.154. The van der Waals surface area contributed by atoms with Crippen LogP contribution in [-0.4, -0.2) is 42.6 Å². The van der Waals surface area contributed by atoms with Gasteiger partial charge in [-0.15, -0.1) is 0 Å². The Balaban J connectivity index is 2.76. The number of esters is 1. The molecule has 4 unspecified atom stereocenters. The number of benzene rings is 1. The van der Waals surface area contributed by atoms with Crippen molar-refractivity contribution in [2.45, 2.75) is 103 Å². The van der Waals surface area contributed by atoms with Gasteiger partial charge >= 0.3 is 5.97 Å². The molecule has 182 valence electrons. The summed E-state index contributed by atoms with van der Waals surface area (Å²) in [5, 5.41) is 9.38. The summed E-state index contributed by atoms with van der Waals surface area (Å²) in [6.07, 6.45) is 9.36. The summed E-state index contributed by atoms with van der Waals surface area (Å²) < 4.78 is 17.3. The minimum atomic E-state index is -0.523. The van der Waals surface area contributed by atoms with Crippen molar-refractivity contribution in [2.75, 3.05) is 13.2 Å². The van der Waals surface area contributed by atoms with Crippen molar-refractivity contribution in [3.8, 4) is 0 Å². The SMILES string of the molecule is C=CC(=O)OC(c1ccccc1CCCCCCCCC)C(C)OCC(C)OCC(C)O. The molecule has 1 N–H and O–H groups in total. The van der Waals surface area contributed by atoms with Crippen molar-refractivity contribution in [3.63, 3.8) is 0 Å². The number of carbonyl (C=O) groups excluding carboxylic acids is 1. The van der Waals surface area contributed by atoms with Crippen LogP contribution in [0.1, 0.15) is 89.9 Å². The molecule has 0 amide bonds. The van der Waals surface area contributed by atoms with Gasteiger partial charge in [-0.1, -0.05) is 76.3 Å². The van der Waals surface area contributed by atoms with Gasteiger partial charge in [0.05, 0.1) is 31.5 Å². The number of aliphatic hydroxyl groups excluding tert-OH is 1. The van der Waals surface area contributed by atoms with Crippen LogP contribution in [0.3, 0.4) is 0 Å². The van der Waals surface area contributed by atoms with E-state index < -0.39 is 18.2 Å². The second-order valence-corrected chi connectivity index (χ2v) is 8.66. The summed E-state index contributed by atoms with van der Waals surface area (Å²) in [6, 6.07) is 8.14. The third-order valence-electron chi connectivity index (χ3n) is 5.46. The largest absolute Gasteiger partial charge is 0.452 e. The topological polar surface area (TPSA) is 65.0 Å². The summed E-state index contributed by atoms with van der Waals surface area (Å²) >= 11 is 0. The van der Waals surface area contributed by atoms with Crippen LogP contribution in [0.15, 0.2) is 36.9 Å². The van der Waals surface area contributed by atoms with E-state index in [0.29, 0.717) is 6.61 Å². The normalized spacial score (nSPS) is 15.0. The highest BCUT2D eigenvalue weighted by Gasteiger charge is 2.26. The maximum Gasteiger partial charge on any atom is 0.330 e. The standard InChI is InChI=1S/C27H44O5/c1-6-8-9-10-11-12-13-16-24-17-14-15-18-25(24)27(32-26(29)7-2)23(5)31-20-22(4)30-19-21(3)28/h7,14-15,17-18,21-23,27-28H,2,6,8-13,16,19-20H2,1,3-5H3. The quantitative estimate of drug-likeness (QED) is 0.171. The lowest BCUT2D eigenvalue weighted by Crippen LogP contribution is -2.29. The van der Waals surface area contributed by atoms with Crippen LogP contribution in [0.25, 0.3) is 0 Å². The molecule has 32 heavy (non-hydrogen) atoms. The summed E-state index contributed by atoms with van der Waals surface area (Å²) in [5.41, 5.74) is 2.18. The summed E-state index contributed by atoms with van der Waals surface area (Å²) in [4.78, 5) is 12.1. The van der Waals surface area contributed by atoms with Gasteiger partial charge in [0.1, 0.15) is 0 Å². The van der Waals surface area contributed by atoms with Crippen LogP contribution < -0.4 is 0 Å². The minimum absolute atomic E-state index is 0.175. The average Bonchev–Trinajstić information content (AvgIpc) is 2.79. The highest BCUT2D eigenvalue weighted by molar-refractivity contribution is 5.81. The van der Waals surface area contributed by atoms with E-state index in [1.165, 1.54) is 50.2 Å². The molecule has 1 aromatic rings. The van der Waals surface area contributed by atoms with Crippen LogP contribution >= 0.6 is 0 Å². The molecule has 0 aliphatic heterocycles. The first-order chi connectivity index (χ1) is 15.4. The molecule has 0 radical (unpaired) electrons. The van der Waals surface area contributed by atoms with E-state index in [-0.39, 0.29) is 18.8 Å². The number of unbranched alkanes of at least 4 members (excludes halogenated alkanes) is 6. The van der Waals surface area contributed by atoms with Crippen molar-refractivity contribution >= 4 is 5.97 Å². The summed E-state index contributed by atoms with van der Waals surface area (Å²) in [7, 11) is 0. The predicted molar refractivity (Wildman–Crippen MR) is 130 cm³/mol. The molecule has 5 heteroatoms. The van der Waals surface area contributed by atoms with Crippen LogP contribution in [0.2, 0.25) is 0 Å². The van der Waals surface area contributed by atoms with Crippen molar-refractivity contribution in [3.05, 3.63) is 48.0 Å². The van der Waals surface area contributed by atoms with Crippen molar-refractivity contribution in [2.24, 2.45) is 0 Å². The second kappa shape index (κ2) is 16.9. The molecule has 0 bridgehead atoms. The Morgan fingerprint density at radius 3 is 2.31 bits per heavy atom. The molecule has 0 spiro atoms. The van der Waals surface area contributed by atoms with E-state index in [4.69, 9.17) is 14.2 Å². The summed E-state index contributed by atoms with van der Waals surface area (Å²) in [6.45, 7) is 11.9. The molecule has 0 saturated carbocycles. The number of hydrogen-bond donors (Lipinski definition) is 1. The van der Waals surface area contributed by atoms with Gasteiger partial charge in [-0.2, -0.15) is 0 Å². The Morgan fingerprint density at radius 1 is 1.00 bits per heavy atom. The van der Waals surface area contributed by atoms with E-state index in [1.807, 2.05) is 32.0 Å². The maximum atomic E-state index is 12.1. The molecule has 1 aromatic carbocycles. The number of carbonyl (C=O) groups is 1. The van der Waals surface area contributed by atoms with Crippen molar-refractivity contribution in [1.82, 2.24) is 0 Å². The molecular weight excluding hydrogens is 404 g/mol. The van der Waals surface area contributed by atoms with Gasteiger partial charge in [0, 0.05) is 6.08 Å². The molecule has 0 aliphatic carbocycles. The predicted octanol–water partition coefficient (Wildman–Crippen LogP) is 5.94. The lowest BCUT2D eigenvalue weighted by Gasteiger charge is -2.27. The zero-order valence-electron chi connectivity index (χ0n) is 20.6.